The van der Waals surface area contributed by atoms with Crippen molar-refractivity contribution in [1.82, 2.24) is 9.88 Å². The molecule has 128 valence electrons. The van der Waals surface area contributed by atoms with Gasteiger partial charge in [-0.3, -0.25) is 9.88 Å². The van der Waals surface area contributed by atoms with Gasteiger partial charge < -0.3 is 4.90 Å². The van der Waals surface area contributed by atoms with Crippen LogP contribution in [0.25, 0.3) is 0 Å². The Morgan fingerprint density at radius 1 is 1.04 bits per heavy atom. The zero-order valence-corrected chi connectivity index (χ0v) is 13.6. The molecular formula is C18H20F3N3. The fraction of sp³-hybridized carbons (Fsp3) is 0.389. The van der Waals surface area contributed by atoms with Crippen molar-refractivity contribution in [2.45, 2.75) is 19.6 Å². The summed E-state index contributed by atoms with van der Waals surface area (Å²) in [5.74, 6) is 0. The van der Waals surface area contributed by atoms with Crippen molar-refractivity contribution >= 4 is 5.69 Å². The Morgan fingerprint density at radius 3 is 2.46 bits per heavy atom. The second kappa shape index (κ2) is 6.81. The number of halogens is 3. The van der Waals surface area contributed by atoms with E-state index >= 15 is 0 Å². The Hall–Kier alpha value is -2.08. The molecule has 0 amide bonds. The first-order valence-corrected chi connectivity index (χ1v) is 7.98. The highest BCUT2D eigenvalue weighted by molar-refractivity contribution is 5.48. The summed E-state index contributed by atoms with van der Waals surface area (Å²) >= 11 is 0. The van der Waals surface area contributed by atoms with Crippen molar-refractivity contribution in [2.75, 3.05) is 31.1 Å². The van der Waals surface area contributed by atoms with Crippen LogP contribution in [-0.2, 0) is 12.7 Å². The number of alkyl halides is 3. The molecule has 1 aromatic heterocycles. The monoisotopic (exact) mass is 335 g/mol. The van der Waals surface area contributed by atoms with Crippen LogP contribution in [0.2, 0.25) is 0 Å². The van der Waals surface area contributed by atoms with Gasteiger partial charge in [0.25, 0.3) is 0 Å². The molecule has 0 radical (unpaired) electrons. The molecule has 2 aromatic rings. The maximum absolute atomic E-state index is 13.0. The lowest BCUT2D eigenvalue weighted by atomic mass is 10.1. The van der Waals surface area contributed by atoms with E-state index < -0.39 is 11.9 Å². The minimum absolute atomic E-state index is 0.244. The molecule has 6 heteroatoms. The van der Waals surface area contributed by atoms with Crippen molar-refractivity contribution in [3.8, 4) is 0 Å². The van der Waals surface area contributed by atoms with E-state index in [1.54, 1.807) is 6.07 Å². The van der Waals surface area contributed by atoms with Crippen molar-refractivity contribution < 1.29 is 13.2 Å². The molecule has 0 aliphatic carbocycles. The molecule has 3 nitrogen and oxygen atoms in total. The highest BCUT2D eigenvalue weighted by atomic mass is 19.4. The van der Waals surface area contributed by atoms with Gasteiger partial charge in [0.05, 0.1) is 0 Å². The van der Waals surface area contributed by atoms with Crippen LogP contribution in [0, 0.1) is 6.92 Å². The third-order valence-electron chi connectivity index (χ3n) is 4.29. The largest absolute Gasteiger partial charge is 0.433 e. The van der Waals surface area contributed by atoms with Gasteiger partial charge in [-0.1, -0.05) is 18.2 Å². The van der Waals surface area contributed by atoms with Crippen LogP contribution >= 0.6 is 0 Å². The third kappa shape index (κ3) is 3.87. The lowest BCUT2D eigenvalue weighted by Gasteiger charge is -2.36. The molecule has 1 fully saturated rings. The number of anilines is 1. The number of piperazine rings is 1. The van der Waals surface area contributed by atoms with Gasteiger partial charge in [0.2, 0.25) is 0 Å². The standard InChI is InChI=1S/C18H20F3N3/c1-14-4-2-6-16(12-14)24-10-8-23(9-11-24)13-15-5-3-7-22-17(15)18(19,20)21/h2-7,12H,8-11,13H2,1H3. The van der Waals surface area contributed by atoms with Gasteiger partial charge in [0, 0.05) is 44.6 Å². The molecule has 24 heavy (non-hydrogen) atoms. The number of hydrogen-bond donors (Lipinski definition) is 0. The van der Waals surface area contributed by atoms with E-state index in [1.165, 1.54) is 23.5 Å². The summed E-state index contributed by atoms with van der Waals surface area (Å²) in [6, 6.07) is 11.4. The second-order valence-electron chi connectivity index (χ2n) is 6.11. The number of benzene rings is 1. The third-order valence-corrected chi connectivity index (χ3v) is 4.29. The fourth-order valence-electron chi connectivity index (χ4n) is 3.05. The zero-order chi connectivity index (χ0) is 17.2. The maximum atomic E-state index is 13.0. The molecule has 0 spiro atoms. The second-order valence-corrected chi connectivity index (χ2v) is 6.11. The summed E-state index contributed by atoms with van der Waals surface area (Å²) in [5.41, 5.74) is 1.85. The van der Waals surface area contributed by atoms with E-state index in [1.807, 2.05) is 6.07 Å². The van der Waals surface area contributed by atoms with Gasteiger partial charge >= 0.3 is 6.18 Å². The molecular weight excluding hydrogens is 315 g/mol. The van der Waals surface area contributed by atoms with Crippen molar-refractivity contribution in [1.29, 1.82) is 0 Å². The number of nitrogens with zero attached hydrogens (tertiary/aromatic N) is 3. The van der Waals surface area contributed by atoms with Gasteiger partial charge in [-0.2, -0.15) is 13.2 Å². The van der Waals surface area contributed by atoms with E-state index in [0.29, 0.717) is 0 Å². The molecule has 0 saturated carbocycles. The van der Waals surface area contributed by atoms with Gasteiger partial charge in [0.1, 0.15) is 5.69 Å². The molecule has 1 aliphatic heterocycles. The number of aromatic nitrogens is 1. The van der Waals surface area contributed by atoms with Crippen LogP contribution < -0.4 is 4.90 Å². The quantitative estimate of drug-likeness (QED) is 0.852. The van der Waals surface area contributed by atoms with Gasteiger partial charge in [-0.25, -0.2) is 0 Å². The molecule has 1 aromatic carbocycles. The Balaban J connectivity index is 1.64. The van der Waals surface area contributed by atoms with Gasteiger partial charge in [-0.15, -0.1) is 0 Å². The lowest BCUT2D eigenvalue weighted by Crippen LogP contribution is -2.46. The number of hydrogen-bond acceptors (Lipinski definition) is 3. The van der Waals surface area contributed by atoms with Crippen LogP contribution in [0.15, 0.2) is 42.6 Å². The maximum Gasteiger partial charge on any atom is 0.433 e. The molecule has 3 rings (SSSR count). The van der Waals surface area contributed by atoms with Crippen LogP contribution in [0.3, 0.4) is 0 Å². The Kier molecular flexibility index (Phi) is 4.76. The van der Waals surface area contributed by atoms with E-state index in [-0.39, 0.29) is 12.1 Å². The van der Waals surface area contributed by atoms with E-state index in [2.05, 4.69) is 39.9 Å². The van der Waals surface area contributed by atoms with E-state index in [0.717, 1.165) is 26.2 Å². The zero-order valence-electron chi connectivity index (χ0n) is 13.6. The smallest absolute Gasteiger partial charge is 0.369 e. The first-order valence-electron chi connectivity index (χ1n) is 7.98. The average molecular weight is 335 g/mol. The van der Waals surface area contributed by atoms with Crippen molar-refractivity contribution in [3.63, 3.8) is 0 Å². The first-order chi connectivity index (χ1) is 11.4. The number of rotatable bonds is 3. The molecule has 2 heterocycles. The van der Waals surface area contributed by atoms with Crippen LogP contribution in [-0.4, -0.2) is 36.1 Å². The van der Waals surface area contributed by atoms with Crippen LogP contribution in [0.1, 0.15) is 16.8 Å². The fourth-order valence-corrected chi connectivity index (χ4v) is 3.05. The van der Waals surface area contributed by atoms with Crippen LogP contribution in [0.5, 0.6) is 0 Å². The summed E-state index contributed by atoms with van der Waals surface area (Å²) in [5, 5.41) is 0. The summed E-state index contributed by atoms with van der Waals surface area (Å²) in [4.78, 5) is 7.85. The van der Waals surface area contributed by atoms with Crippen molar-refractivity contribution in [3.05, 3.63) is 59.4 Å². The Labute approximate surface area is 139 Å². The normalized spacial score (nSPS) is 16.4. The molecule has 1 aliphatic rings. The average Bonchev–Trinajstić information content (AvgIpc) is 2.55. The first kappa shape index (κ1) is 16.8. The molecule has 0 bridgehead atoms. The number of aryl methyl sites for hydroxylation is 1. The minimum Gasteiger partial charge on any atom is -0.369 e. The van der Waals surface area contributed by atoms with E-state index in [4.69, 9.17) is 0 Å². The molecule has 1 saturated heterocycles. The lowest BCUT2D eigenvalue weighted by molar-refractivity contribution is -0.142. The minimum atomic E-state index is -4.40. The highest BCUT2D eigenvalue weighted by Gasteiger charge is 2.35. The Morgan fingerprint density at radius 2 is 1.79 bits per heavy atom. The Bertz CT molecular complexity index is 692. The number of pyridine rings is 1. The molecule has 0 unspecified atom stereocenters. The van der Waals surface area contributed by atoms with E-state index in [9.17, 15) is 13.2 Å². The SMILES string of the molecule is Cc1cccc(N2CCN(Cc3cccnc3C(F)(F)F)CC2)c1. The van der Waals surface area contributed by atoms with Gasteiger partial charge in [-0.05, 0) is 36.2 Å². The predicted octanol–water partition coefficient (Wildman–Crippen LogP) is 3.73. The summed E-state index contributed by atoms with van der Waals surface area (Å²) in [7, 11) is 0. The van der Waals surface area contributed by atoms with Crippen molar-refractivity contribution in [2.24, 2.45) is 0 Å². The molecule has 0 atom stereocenters. The summed E-state index contributed by atoms with van der Waals surface area (Å²) < 4.78 is 39.1. The van der Waals surface area contributed by atoms with Gasteiger partial charge in [0.15, 0.2) is 0 Å². The summed E-state index contributed by atoms with van der Waals surface area (Å²) in [6.07, 6.45) is -3.21. The summed E-state index contributed by atoms with van der Waals surface area (Å²) in [6.45, 7) is 5.43. The van der Waals surface area contributed by atoms with Crippen LogP contribution in [0.4, 0.5) is 18.9 Å². The highest BCUT2D eigenvalue weighted by Crippen LogP contribution is 2.30. The predicted molar refractivity (Wildman–Crippen MR) is 87.9 cm³/mol. The topological polar surface area (TPSA) is 19.4 Å². The molecule has 0 N–H and O–H groups in total.